The molecule has 3 amide bonds. The molecule has 5 rings (SSSR count). The summed E-state index contributed by atoms with van der Waals surface area (Å²) in [6.07, 6.45) is 10.4. The molecular weight excluding hydrogens is 502 g/mol. The third-order valence-electron chi connectivity index (χ3n) is 6.92. The molecule has 1 aromatic carbocycles. The lowest BCUT2D eigenvalue weighted by atomic mass is 10.1. The van der Waals surface area contributed by atoms with Crippen LogP contribution in [0.15, 0.2) is 48.0 Å². The summed E-state index contributed by atoms with van der Waals surface area (Å²) >= 11 is 1.50. The second kappa shape index (κ2) is 11.8. The summed E-state index contributed by atoms with van der Waals surface area (Å²) in [6.45, 7) is 0.876. The van der Waals surface area contributed by atoms with E-state index in [1.54, 1.807) is 25.3 Å². The van der Waals surface area contributed by atoms with Gasteiger partial charge in [0.1, 0.15) is 28.2 Å². The molecule has 1 aliphatic heterocycles. The van der Waals surface area contributed by atoms with Gasteiger partial charge in [0.2, 0.25) is 5.91 Å². The number of methoxy groups -OCH3 is 1. The van der Waals surface area contributed by atoms with Gasteiger partial charge in [0.25, 0.3) is 0 Å². The van der Waals surface area contributed by atoms with Crippen LogP contribution in [0.2, 0.25) is 0 Å². The van der Waals surface area contributed by atoms with Gasteiger partial charge in [-0.25, -0.2) is 14.8 Å². The van der Waals surface area contributed by atoms with E-state index in [2.05, 4.69) is 27.8 Å². The Morgan fingerprint density at radius 3 is 2.89 bits per heavy atom. The van der Waals surface area contributed by atoms with Crippen molar-refractivity contribution in [2.24, 2.45) is 5.92 Å². The van der Waals surface area contributed by atoms with Crippen LogP contribution in [-0.2, 0) is 4.79 Å². The predicted octanol–water partition coefficient (Wildman–Crippen LogP) is 4.39. The Morgan fingerprint density at radius 1 is 1.18 bits per heavy atom. The second-order valence-corrected chi connectivity index (χ2v) is 10.6. The van der Waals surface area contributed by atoms with Gasteiger partial charge >= 0.3 is 6.03 Å². The van der Waals surface area contributed by atoms with Crippen LogP contribution in [0.5, 0.6) is 11.5 Å². The highest BCUT2D eigenvalue weighted by atomic mass is 32.1. The number of rotatable bonds is 6. The Morgan fingerprint density at radius 2 is 2.08 bits per heavy atom. The molecule has 1 fully saturated rings. The predicted molar refractivity (Wildman–Crippen MR) is 147 cm³/mol. The lowest BCUT2D eigenvalue weighted by molar-refractivity contribution is -0.123. The molecule has 0 bridgehead atoms. The summed E-state index contributed by atoms with van der Waals surface area (Å²) in [7, 11) is 3.38. The molecule has 0 radical (unpaired) electrons. The molecule has 2 aromatic heterocycles. The van der Waals surface area contributed by atoms with Crippen molar-refractivity contribution in [2.45, 2.75) is 44.2 Å². The maximum absolute atomic E-state index is 13.2. The zero-order valence-corrected chi connectivity index (χ0v) is 22.5. The number of ether oxygens (including phenoxy) is 2. The summed E-state index contributed by atoms with van der Waals surface area (Å²) in [6, 6.07) is 6.67. The molecule has 38 heavy (non-hydrogen) atoms. The van der Waals surface area contributed by atoms with Gasteiger partial charge in [0, 0.05) is 55.2 Å². The number of hydrogen-bond acceptors (Lipinski definition) is 7. The number of hydrogen-bond donors (Lipinski definition) is 2. The Balaban J connectivity index is 1.33. The van der Waals surface area contributed by atoms with Crippen molar-refractivity contribution in [3.05, 3.63) is 48.0 Å². The monoisotopic (exact) mass is 535 g/mol. The SMILES string of the molecule is COc1ccc2c(OCCC3NC(=O)N(C)CCCC/C=C\[C@@H]4CC4NC3=O)cc(-c3nccs3)nc2c1. The molecule has 2 unspecified atom stereocenters. The molecule has 1 saturated carbocycles. The highest BCUT2D eigenvalue weighted by molar-refractivity contribution is 7.13. The normalized spacial score (nSPS) is 23.1. The minimum Gasteiger partial charge on any atom is -0.497 e. The number of nitrogens with zero attached hydrogens (tertiary/aromatic N) is 3. The third-order valence-corrected chi connectivity index (χ3v) is 7.72. The van der Waals surface area contributed by atoms with Crippen molar-refractivity contribution >= 4 is 34.2 Å². The number of pyridine rings is 1. The van der Waals surface area contributed by atoms with Gasteiger partial charge in [-0.15, -0.1) is 11.3 Å². The summed E-state index contributed by atoms with van der Waals surface area (Å²) in [5.41, 5.74) is 1.43. The van der Waals surface area contributed by atoms with Crippen LogP contribution in [-0.4, -0.2) is 66.2 Å². The summed E-state index contributed by atoms with van der Waals surface area (Å²) in [4.78, 5) is 36.8. The van der Waals surface area contributed by atoms with E-state index in [0.717, 1.165) is 41.6 Å². The molecule has 2 aliphatic rings. The smallest absolute Gasteiger partial charge is 0.317 e. The number of fused-ring (bicyclic) bond motifs is 2. The van der Waals surface area contributed by atoms with Gasteiger partial charge in [-0.1, -0.05) is 12.2 Å². The van der Waals surface area contributed by atoms with Gasteiger partial charge in [0.15, 0.2) is 0 Å². The van der Waals surface area contributed by atoms with Crippen molar-refractivity contribution in [3.63, 3.8) is 0 Å². The average molecular weight is 536 g/mol. The minimum absolute atomic E-state index is 0.125. The summed E-state index contributed by atoms with van der Waals surface area (Å²) in [5, 5.41) is 9.54. The Labute approximate surface area is 226 Å². The molecule has 3 aromatic rings. The highest BCUT2D eigenvalue weighted by Crippen LogP contribution is 2.34. The number of urea groups is 1. The van der Waals surface area contributed by atoms with Crippen LogP contribution in [0.1, 0.15) is 32.1 Å². The molecule has 9 nitrogen and oxygen atoms in total. The second-order valence-electron chi connectivity index (χ2n) is 9.73. The summed E-state index contributed by atoms with van der Waals surface area (Å²) in [5.74, 6) is 1.53. The van der Waals surface area contributed by atoms with Crippen LogP contribution in [0, 0.1) is 5.92 Å². The van der Waals surface area contributed by atoms with E-state index < -0.39 is 6.04 Å². The zero-order chi connectivity index (χ0) is 26.5. The van der Waals surface area contributed by atoms with Crippen LogP contribution in [0.3, 0.4) is 0 Å². The fourth-order valence-corrected chi connectivity index (χ4v) is 5.15. The first kappa shape index (κ1) is 26.0. The van der Waals surface area contributed by atoms with Crippen LogP contribution >= 0.6 is 11.3 Å². The largest absolute Gasteiger partial charge is 0.497 e. The molecule has 0 saturated heterocycles. The Kier molecular flexibility index (Phi) is 8.07. The van der Waals surface area contributed by atoms with Crippen molar-refractivity contribution in [3.8, 4) is 22.2 Å². The molecule has 0 spiro atoms. The number of carbonyl (C=O) groups excluding carboxylic acids is 2. The van der Waals surface area contributed by atoms with E-state index >= 15 is 0 Å². The van der Waals surface area contributed by atoms with Gasteiger partial charge in [0.05, 0.1) is 19.2 Å². The third kappa shape index (κ3) is 6.24. The topological polar surface area (TPSA) is 106 Å². The molecular formula is C28H33N5O4S. The van der Waals surface area contributed by atoms with Crippen molar-refractivity contribution < 1.29 is 19.1 Å². The van der Waals surface area contributed by atoms with E-state index in [1.165, 1.54) is 11.3 Å². The van der Waals surface area contributed by atoms with Gasteiger partial charge in [-0.2, -0.15) is 0 Å². The highest BCUT2D eigenvalue weighted by Gasteiger charge is 2.37. The minimum atomic E-state index is -0.704. The number of amides is 3. The van der Waals surface area contributed by atoms with Crippen LogP contribution in [0.4, 0.5) is 4.79 Å². The molecule has 200 valence electrons. The number of aromatic nitrogens is 2. The molecule has 1 aliphatic carbocycles. The maximum atomic E-state index is 13.2. The number of carbonyl (C=O) groups is 2. The van der Waals surface area contributed by atoms with E-state index in [1.807, 2.05) is 29.6 Å². The fraction of sp³-hybridized carbons (Fsp3) is 0.429. The zero-order valence-electron chi connectivity index (χ0n) is 21.7. The van der Waals surface area contributed by atoms with E-state index in [0.29, 0.717) is 36.1 Å². The van der Waals surface area contributed by atoms with Gasteiger partial charge in [-0.05, 0) is 43.7 Å². The number of allylic oxidation sites excluding steroid dienone is 1. The lowest BCUT2D eigenvalue weighted by Crippen LogP contribution is -2.51. The summed E-state index contributed by atoms with van der Waals surface area (Å²) < 4.78 is 11.6. The van der Waals surface area contributed by atoms with Crippen molar-refractivity contribution in [2.75, 3.05) is 27.3 Å². The Bertz CT molecular complexity index is 1310. The molecule has 10 heteroatoms. The van der Waals surface area contributed by atoms with E-state index in [-0.39, 0.29) is 24.6 Å². The van der Waals surface area contributed by atoms with E-state index in [4.69, 9.17) is 14.5 Å². The maximum Gasteiger partial charge on any atom is 0.317 e. The first-order valence-electron chi connectivity index (χ1n) is 13.0. The van der Waals surface area contributed by atoms with Crippen LogP contribution in [0.25, 0.3) is 21.6 Å². The number of nitrogens with one attached hydrogen (secondary N) is 2. The van der Waals surface area contributed by atoms with Crippen LogP contribution < -0.4 is 20.1 Å². The van der Waals surface area contributed by atoms with Gasteiger partial charge < -0.3 is 25.0 Å². The van der Waals surface area contributed by atoms with Gasteiger partial charge in [-0.3, -0.25) is 4.79 Å². The number of benzene rings is 1. The molecule has 3 atom stereocenters. The van der Waals surface area contributed by atoms with Crippen molar-refractivity contribution in [1.82, 2.24) is 25.5 Å². The lowest BCUT2D eigenvalue weighted by Gasteiger charge is -2.24. The fourth-order valence-electron chi connectivity index (χ4n) is 4.56. The van der Waals surface area contributed by atoms with Crippen molar-refractivity contribution in [1.29, 1.82) is 0 Å². The molecule has 2 N–H and O–H groups in total. The standard InChI is InChI=1S/C28H33N5O4S/c1-33-12-6-4-3-5-7-18-15-22(18)31-26(34)21(32-28(33)35)10-13-37-25-17-24(27-29-11-14-38-27)30-23-16-19(36-2)8-9-20(23)25/h5,7-9,11,14,16-18,21-22H,3-4,6,10,12-13,15H2,1-2H3,(H,31,34)(H,32,35)/b7-5-/t18-,21?,22?/m1/s1. The Hall–Kier alpha value is -3.66. The first-order valence-corrected chi connectivity index (χ1v) is 13.9. The quantitative estimate of drug-likeness (QED) is 0.454. The number of thiazole rings is 1. The van der Waals surface area contributed by atoms with E-state index in [9.17, 15) is 9.59 Å². The average Bonchev–Trinajstić information content (AvgIpc) is 3.41. The first-order chi connectivity index (χ1) is 18.5. The molecule has 3 heterocycles.